The van der Waals surface area contributed by atoms with Gasteiger partial charge < -0.3 is 14.6 Å². The smallest absolute Gasteiger partial charge is 0.306 e. The molecule has 1 atom stereocenters. The van der Waals surface area contributed by atoms with Crippen LogP contribution >= 0.6 is 0 Å². The first-order valence-electron chi connectivity index (χ1n) is 24.6. The van der Waals surface area contributed by atoms with E-state index in [-0.39, 0.29) is 25.2 Å². The Morgan fingerprint density at radius 1 is 0.352 bits per heavy atom. The zero-order valence-corrected chi connectivity index (χ0v) is 36.8. The maximum absolute atomic E-state index is 12.2. The highest BCUT2D eigenvalue weighted by atomic mass is 16.6. The van der Waals surface area contributed by atoms with Gasteiger partial charge in [-0.1, -0.05) is 258 Å². The summed E-state index contributed by atoms with van der Waals surface area (Å²) in [5.74, 6) is -0.569. The minimum Gasteiger partial charge on any atom is -0.462 e. The van der Waals surface area contributed by atoms with Crippen molar-refractivity contribution >= 4 is 11.9 Å². The summed E-state index contributed by atoms with van der Waals surface area (Å²) in [6.45, 7) is 4.19. The molecule has 0 radical (unpaired) electrons. The summed E-state index contributed by atoms with van der Waals surface area (Å²) in [7, 11) is 0. The Morgan fingerprint density at radius 2 is 0.574 bits per heavy atom. The highest BCUT2D eigenvalue weighted by Crippen LogP contribution is 2.17. The van der Waals surface area contributed by atoms with Crippen LogP contribution in [-0.2, 0) is 19.1 Å². The molecular weight excluding hydrogens is 669 g/mol. The van der Waals surface area contributed by atoms with E-state index in [1.54, 1.807) is 0 Å². The Kier molecular flexibility index (Phi) is 45.3. The largest absolute Gasteiger partial charge is 0.462 e. The van der Waals surface area contributed by atoms with E-state index in [0.29, 0.717) is 12.8 Å². The molecule has 0 saturated heterocycles. The summed E-state index contributed by atoms with van der Waals surface area (Å²) in [6, 6.07) is 0. The van der Waals surface area contributed by atoms with Crippen molar-refractivity contribution in [1.29, 1.82) is 0 Å². The fraction of sp³-hybridized carbons (Fsp3) is 0.959. The molecule has 1 unspecified atom stereocenters. The van der Waals surface area contributed by atoms with Crippen LogP contribution in [0.15, 0.2) is 0 Å². The summed E-state index contributed by atoms with van der Waals surface area (Å²) >= 11 is 0. The maximum atomic E-state index is 12.2. The van der Waals surface area contributed by atoms with E-state index in [0.717, 1.165) is 32.1 Å². The number of carbonyl (C=O) groups is 2. The molecule has 0 spiro atoms. The number of carbonyl (C=O) groups excluding carboxylic acids is 2. The van der Waals surface area contributed by atoms with Crippen LogP contribution in [-0.4, -0.2) is 36.4 Å². The minimum atomic E-state index is -0.762. The van der Waals surface area contributed by atoms with Crippen LogP contribution in [0.5, 0.6) is 0 Å². The van der Waals surface area contributed by atoms with Gasteiger partial charge in [0.05, 0.1) is 6.61 Å². The monoisotopic (exact) mass is 765 g/mol. The summed E-state index contributed by atoms with van der Waals surface area (Å²) in [6.07, 6.45) is 53.4. The van der Waals surface area contributed by atoms with Crippen LogP contribution < -0.4 is 0 Å². The molecule has 0 rings (SSSR count). The van der Waals surface area contributed by atoms with Gasteiger partial charge in [-0.05, 0) is 12.8 Å². The molecule has 0 bridgehead atoms. The first-order chi connectivity index (χ1) is 26.6. The Morgan fingerprint density at radius 3 is 0.815 bits per heavy atom. The third-order valence-electron chi connectivity index (χ3n) is 11.4. The van der Waals surface area contributed by atoms with Crippen LogP contribution in [0.4, 0.5) is 0 Å². The minimum absolute atomic E-state index is 0.0564. The summed E-state index contributed by atoms with van der Waals surface area (Å²) in [4.78, 5) is 24.4. The van der Waals surface area contributed by atoms with Gasteiger partial charge in [0.15, 0.2) is 6.10 Å². The van der Waals surface area contributed by atoms with Crippen LogP contribution in [0.3, 0.4) is 0 Å². The lowest BCUT2D eigenvalue weighted by atomic mass is 10.0. The molecule has 1 N–H and O–H groups in total. The number of hydrogen-bond donors (Lipinski definition) is 1. The molecule has 0 aromatic rings. The van der Waals surface area contributed by atoms with Crippen molar-refractivity contribution in [2.24, 2.45) is 0 Å². The molecule has 0 aliphatic rings. The first-order valence-corrected chi connectivity index (χ1v) is 24.6. The van der Waals surface area contributed by atoms with Crippen LogP contribution in [0.25, 0.3) is 0 Å². The first kappa shape index (κ1) is 52.9. The van der Waals surface area contributed by atoms with Crippen LogP contribution in [0.1, 0.15) is 284 Å². The number of rotatable bonds is 46. The van der Waals surface area contributed by atoms with Gasteiger partial charge in [-0.15, -0.1) is 0 Å². The molecule has 0 aliphatic carbocycles. The lowest BCUT2D eigenvalue weighted by Crippen LogP contribution is -2.28. The standard InChI is InChI=1S/C49H96O5/c1-3-5-7-9-11-13-15-17-19-20-21-22-23-24-25-26-27-28-29-30-32-34-36-38-40-42-44-49(52)54-47(45-50)46-53-48(51)43-41-39-37-35-33-31-18-16-14-12-10-8-6-4-2/h47,50H,3-46H2,1-2H3. The predicted octanol–water partition coefficient (Wildman–Crippen LogP) is 15.9. The quantitative estimate of drug-likeness (QED) is 0.0494. The second-order valence-corrected chi connectivity index (χ2v) is 16.9. The molecular formula is C49H96O5. The van der Waals surface area contributed by atoms with Gasteiger partial charge in [0.1, 0.15) is 6.61 Å². The number of hydrogen-bond acceptors (Lipinski definition) is 5. The van der Waals surface area contributed by atoms with Gasteiger partial charge in [0.2, 0.25) is 0 Å². The topological polar surface area (TPSA) is 72.8 Å². The van der Waals surface area contributed by atoms with Gasteiger partial charge in [-0.3, -0.25) is 9.59 Å². The van der Waals surface area contributed by atoms with Crippen molar-refractivity contribution in [1.82, 2.24) is 0 Å². The number of esters is 2. The highest BCUT2D eigenvalue weighted by molar-refractivity contribution is 5.70. The molecule has 0 fully saturated rings. The van der Waals surface area contributed by atoms with E-state index >= 15 is 0 Å². The Bertz CT molecular complexity index is 740. The average Bonchev–Trinajstić information content (AvgIpc) is 3.17. The summed E-state index contributed by atoms with van der Waals surface area (Å²) in [5.41, 5.74) is 0. The van der Waals surface area contributed by atoms with E-state index < -0.39 is 6.10 Å². The van der Waals surface area contributed by atoms with Crippen molar-refractivity contribution < 1.29 is 24.2 Å². The Balaban J connectivity index is 3.40. The Hall–Kier alpha value is -1.10. The number of ether oxygens (including phenoxy) is 2. The lowest BCUT2D eigenvalue weighted by molar-refractivity contribution is -0.161. The summed E-state index contributed by atoms with van der Waals surface area (Å²) in [5, 5.41) is 9.60. The molecule has 0 heterocycles. The number of unbranched alkanes of at least 4 members (excludes halogenated alkanes) is 38. The highest BCUT2D eigenvalue weighted by Gasteiger charge is 2.16. The normalized spacial score (nSPS) is 12.0. The molecule has 5 heteroatoms. The number of aliphatic hydroxyl groups excluding tert-OH is 1. The van der Waals surface area contributed by atoms with E-state index in [9.17, 15) is 14.7 Å². The molecule has 54 heavy (non-hydrogen) atoms. The third kappa shape index (κ3) is 43.6. The van der Waals surface area contributed by atoms with E-state index in [1.165, 1.54) is 225 Å². The zero-order valence-electron chi connectivity index (χ0n) is 36.8. The zero-order chi connectivity index (χ0) is 39.3. The SMILES string of the molecule is CCCCCCCCCCCCCCCCCCCCCCCCCCCCC(=O)OC(CO)COC(=O)CCCCCCCCCCCCCCCC. The van der Waals surface area contributed by atoms with Crippen molar-refractivity contribution in [2.45, 2.75) is 290 Å². The molecule has 0 aromatic heterocycles. The van der Waals surface area contributed by atoms with Crippen molar-refractivity contribution in [3.8, 4) is 0 Å². The van der Waals surface area contributed by atoms with Gasteiger partial charge in [0.25, 0.3) is 0 Å². The maximum Gasteiger partial charge on any atom is 0.306 e. The van der Waals surface area contributed by atoms with Crippen molar-refractivity contribution in [2.75, 3.05) is 13.2 Å². The molecule has 0 aliphatic heterocycles. The molecule has 322 valence electrons. The van der Waals surface area contributed by atoms with Gasteiger partial charge >= 0.3 is 11.9 Å². The summed E-state index contributed by atoms with van der Waals surface area (Å²) < 4.78 is 10.7. The van der Waals surface area contributed by atoms with Gasteiger partial charge in [-0.2, -0.15) is 0 Å². The van der Waals surface area contributed by atoms with Gasteiger partial charge in [-0.25, -0.2) is 0 Å². The second-order valence-electron chi connectivity index (χ2n) is 16.9. The van der Waals surface area contributed by atoms with E-state index in [1.807, 2.05) is 0 Å². The number of aliphatic hydroxyl groups is 1. The van der Waals surface area contributed by atoms with Gasteiger partial charge in [0, 0.05) is 12.8 Å². The van der Waals surface area contributed by atoms with Crippen molar-refractivity contribution in [3.63, 3.8) is 0 Å². The Labute approximate surface area is 338 Å². The van der Waals surface area contributed by atoms with E-state index in [4.69, 9.17) is 9.47 Å². The molecule has 0 saturated carbocycles. The lowest BCUT2D eigenvalue weighted by Gasteiger charge is -2.15. The average molecular weight is 765 g/mol. The second kappa shape index (κ2) is 46.3. The predicted molar refractivity (Wildman–Crippen MR) is 233 cm³/mol. The van der Waals surface area contributed by atoms with E-state index in [2.05, 4.69) is 13.8 Å². The fourth-order valence-corrected chi connectivity index (χ4v) is 7.68. The molecule has 0 aromatic carbocycles. The molecule has 5 nitrogen and oxygen atoms in total. The molecule has 0 amide bonds. The van der Waals surface area contributed by atoms with Crippen molar-refractivity contribution in [3.05, 3.63) is 0 Å². The van der Waals surface area contributed by atoms with Crippen LogP contribution in [0.2, 0.25) is 0 Å². The third-order valence-corrected chi connectivity index (χ3v) is 11.4. The van der Waals surface area contributed by atoms with Crippen LogP contribution in [0, 0.1) is 0 Å². The fourth-order valence-electron chi connectivity index (χ4n) is 7.68.